The summed E-state index contributed by atoms with van der Waals surface area (Å²) in [6, 6.07) is 32.1. The third kappa shape index (κ3) is 17.5. The number of fused-ring (bicyclic) bond motifs is 3. The Kier molecular flexibility index (Phi) is 21.9. The van der Waals surface area contributed by atoms with Gasteiger partial charge in [-0.15, -0.1) is 0 Å². The van der Waals surface area contributed by atoms with Gasteiger partial charge in [-0.1, -0.05) is 109 Å². The fraction of sp³-hybridized carbons (Fsp3) is 0.310. The third-order valence-electron chi connectivity index (χ3n) is 8.62. The second kappa shape index (κ2) is 26.4. The molecule has 0 aliphatic heterocycles. The zero-order valence-corrected chi connectivity index (χ0v) is 37.4. The number of hydrogen-bond acceptors (Lipinski definition) is 11. The first kappa shape index (κ1) is 52.2. The molecule has 2 unspecified atom stereocenters. The van der Waals surface area contributed by atoms with E-state index in [-0.39, 0.29) is 69.7 Å². The van der Waals surface area contributed by atoms with Crippen molar-refractivity contribution < 1.29 is 105 Å². The van der Waals surface area contributed by atoms with Gasteiger partial charge in [0.15, 0.2) is 0 Å². The maximum Gasteiger partial charge on any atom is 0.425 e. The second-order valence-electron chi connectivity index (χ2n) is 13.0. The van der Waals surface area contributed by atoms with Gasteiger partial charge in [0, 0.05) is 51.8 Å². The SMILES string of the molecule is NCC(=O)NCOC(C(=O)OCc1ccccc1)C(F)(F)F.O=C(CCC(=O)OCC1c2ccccc2-c2ccccc21)NCOC(C(=O)OCc1ccccc1)C(F)(F)F.[2H][B].[U]. The Labute approximate surface area is 385 Å². The molecular weight excluding hydrogens is 1070 g/mol. The van der Waals surface area contributed by atoms with Crippen molar-refractivity contribution in [3.05, 3.63) is 131 Å². The molecule has 63 heavy (non-hydrogen) atoms. The first-order valence-corrected chi connectivity index (χ1v) is 18.4. The summed E-state index contributed by atoms with van der Waals surface area (Å²) in [7, 11) is 3.75. The molecular formula is C42H42BF6N3O10U. The molecule has 0 fully saturated rings. The Bertz CT molecular complexity index is 2050. The van der Waals surface area contributed by atoms with Gasteiger partial charge in [0.1, 0.15) is 33.3 Å². The van der Waals surface area contributed by atoms with Crippen LogP contribution in [0.3, 0.4) is 0 Å². The largest absolute Gasteiger partial charge is 0.465 e. The van der Waals surface area contributed by atoms with Crippen molar-refractivity contribution >= 4 is 38.1 Å². The Morgan fingerprint density at radius 2 is 1.00 bits per heavy atom. The Hall–Kier alpha value is -5.19. The molecule has 1 aliphatic rings. The Balaban J connectivity index is 0.000000481. The number of nitrogens with two attached hydrogens (primary N) is 1. The summed E-state index contributed by atoms with van der Waals surface area (Å²) in [4.78, 5) is 58.6. The first-order chi connectivity index (χ1) is 30.1. The molecule has 4 aromatic carbocycles. The van der Waals surface area contributed by atoms with Crippen LogP contribution in [0.15, 0.2) is 109 Å². The van der Waals surface area contributed by atoms with Crippen LogP contribution in [-0.4, -0.2) is 90.6 Å². The minimum absolute atomic E-state index is 0. The number of ether oxygens (including phenoxy) is 5. The van der Waals surface area contributed by atoms with Gasteiger partial charge in [0.05, 0.1) is 13.0 Å². The minimum Gasteiger partial charge on any atom is -0.465 e. The molecule has 5 rings (SSSR count). The number of nitrogens with one attached hydrogen (secondary N) is 2. The number of carbonyl (C=O) groups is 5. The average Bonchev–Trinajstić information content (AvgIpc) is 3.60. The van der Waals surface area contributed by atoms with E-state index >= 15 is 0 Å². The number of benzene rings is 4. The monoisotopic (exact) mass is 1110 g/mol. The van der Waals surface area contributed by atoms with E-state index in [1.54, 1.807) is 60.7 Å². The van der Waals surface area contributed by atoms with Gasteiger partial charge in [-0.05, 0) is 34.7 Å². The molecule has 21 heteroatoms. The number of alkyl halides is 6. The van der Waals surface area contributed by atoms with E-state index in [4.69, 9.17) is 16.5 Å². The van der Waals surface area contributed by atoms with Crippen molar-refractivity contribution in [1.29, 1.82) is 1.34 Å². The summed E-state index contributed by atoms with van der Waals surface area (Å²) in [5.41, 5.74) is 10.3. The normalized spacial score (nSPS) is 12.7. The van der Waals surface area contributed by atoms with E-state index < -0.39 is 74.3 Å². The van der Waals surface area contributed by atoms with Gasteiger partial charge in [0.25, 0.3) is 12.2 Å². The predicted octanol–water partition coefficient (Wildman–Crippen LogP) is 4.95. The van der Waals surface area contributed by atoms with Crippen LogP contribution < -0.4 is 16.4 Å². The van der Waals surface area contributed by atoms with Crippen LogP contribution >= 0.6 is 0 Å². The molecule has 4 aromatic rings. The van der Waals surface area contributed by atoms with Crippen LogP contribution in [0.1, 0.15) is 41.0 Å². The fourth-order valence-electron chi connectivity index (χ4n) is 5.68. The van der Waals surface area contributed by atoms with E-state index in [9.17, 15) is 50.3 Å². The van der Waals surface area contributed by atoms with Gasteiger partial charge in [0.2, 0.25) is 11.8 Å². The summed E-state index contributed by atoms with van der Waals surface area (Å²) in [5.74, 6) is -5.41. The zero-order chi connectivity index (χ0) is 46.4. The molecule has 0 saturated heterocycles. The van der Waals surface area contributed by atoms with Crippen LogP contribution in [0, 0.1) is 31.1 Å². The second-order valence-corrected chi connectivity index (χ2v) is 13.0. The number of esters is 3. The molecule has 2 radical (unpaired) electrons. The quantitative estimate of drug-likeness (QED) is 0.0404. The topological polar surface area (TPSA) is 182 Å². The average molecular weight is 1110 g/mol. The fourth-order valence-corrected chi connectivity index (χ4v) is 5.68. The van der Waals surface area contributed by atoms with E-state index in [2.05, 4.69) is 27.9 Å². The van der Waals surface area contributed by atoms with E-state index in [1.807, 2.05) is 53.8 Å². The van der Waals surface area contributed by atoms with Crippen LogP contribution in [0.2, 0.25) is 0 Å². The standard InChI is InChI=1S/C29H26F3NO6.C13H15F3N2O4.BH.U/c30-29(31,32)27(28(36)38-16-19-8-2-1-3-9-19)39-18-33-25(34)14-15-26(35)37-17-24-22-12-6-4-10-20(22)21-11-5-7-13-23(21)24;14-13(15,16)11(22-8-18-10(19)6-17)12(20)21-7-9-4-2-1-3-5-9;;/h1-13,24,27H,14-18H2,(H,33,34);1-5,11H,6-8,17H2,(H,18,19);1H;/i;;1D;. The van der Waals surface area contributed by atoms with Crippen LogP contribution in [0.25, 0.3) is 11.1 Å². The van der Waals surface area contributed by atoms with Gasteiger partial charge < -0.3 is 40.1 Å². The van der Waals surface area contributed by atoms with Crippen molar-refractivity contribution in [2.45, 2.75) is 56.5 Å². The molecule has 0 spiro atoms. The van der Waals surface area contributed by atoms with Gasteiger partial charge in [-0.3, -0.25) is 14.4 Å². The van der Waals surface area contributed by atoms with Crippen LogP contribution in [0.4, 0.5) is 26.3 Å². The molecule has 0 saturated carbocycles. The van der Waals surface area contributed by atoms with E-state index in [1.165, 1.54) is 0 Å². The van der Waals surface area contributed by atoms with Crippen LogP contribution in [0.5, 0.6) is 0 Å². The molecule has 0 bridgehead atoms. The molecule has 2 amide bonds. The summed E-state index contributed by atoms with van der Waals surface area (Å²) >= 11 is 0. The first-order valence-electron chi connectivity index (χ1n) is 19.0. The molecule has 2 atom stereocenters. The Morgan fingerprint density at radius 1 is 0.603 bits per heavy atom. The van der Waals surface area contributed by atoms with Gasteiger partial charge >= 0.3 is 30.3 Å². The zero-order valence-electron chi connectivity index (χ0n) is 34.3. The summed E-state index contributed by atoms with van der Waals surface area (Å²) in [6.45, 7) is -2.68. The summed E-state index contributed by atoms with van der Waals surface area (Å²) in [6.07, 6.45) is -16.3. The number of amides is 2. The van der Waals surface area contributed by atoms with Crippen molar-refractivity contribution in [3.8, 4) is 11.1 Å². The number of hydrogen-bond donors (Lipinski definition) is 3. The number of halogens is 6. The molecule has 1 aliphatic carbocycles. The molecule has 13 nitrogen and oxygen atoms in total. The molecule has 334 valence electrons. The summed E-state index contributed by atoms with van der Waals surface area (Å²) < 4.78 is 107. The van der Waals surface area contributed by atoms with Crippen LogP contribution in [-0.2, 0) is 60.9 Å². The predicted molar refractivity (Wildman–Crippen MR) is 210 cm³/mol. The maximum absolute atomic E-state index is 13.3. The van der Waals surface area contributed by atoms with E-state index in [0.29, 0.717) is 11.1 Å². The Morgan fingerprint density at radius 3 is 1.41 bits per heavy atom. The van der Waals surface area contributed by atoms with Gasteiger partial charge in [-0.2, -0.15) is 26.3 Å². The third-order valence-corrected chi connectivity index (χ3v) is 8.62. The van der Waals surface area contributed by atoms with E-state index in [0.717, 1.165) is 22.3 Å². The maximum atomic E-state index is 13.3. The molecule has 4 N–H and O–H groups in total. The summed E-state index contributed by atoms with van der Waals surface area (Å²) in [5, 5.41) is 4.09. The number of carbonyl (C=O) groups excluding carboxylic acids is 5. The molecule has 0 aromatic heterocycles. The van der Waals surface area contributed by atoms with Crippen molar-refractivity contribution in [2.75, 3.05) is 26.6 Å². The minimum atomic E-state index is -5.04. The smallest absolute Gasteiger partial charge is 0.425 e. The van der Waals surface area contributed by atoms with Crippen molar-refractivity contribution in [3.63, 3.8) is 0 Å². The van der Waals surface area contributed by atoms with Crippen molar-refractivity contribution in [2.24, 2.45) is 5.73 Å². The molecule has 0 heterocycles. The van der Waals surface area contributed by atoms with Crippen molar-refractivity contribution in [1.82, 2.24) is 10.6 Å². The number of rotatable bonds is 18. The van der Waals surface area contributed by atoms with Gasteiger partial charge in [-0.25, -0.2) is 9.59 Å².